The second-order valence-electron chi connectivity index (χ2n) is 3.60. The molecular formula is C10H11BrClIOS. The molecule has 1 aliphatic heterocycles. The normalized spacial score (nSPS) is 26.9. The number of thiophene rings is 1. The van der Waals surface area contributed by atoms with E-state index in [0.29, 0.717) is 6.10 Å². The van der Waals surface area contributed by atoms with Crippen LogP contribution >= 0.6 is 61.5 Å². The van der Waals surface area contributed by atoms with Crippen LogP contribution in [0.3, 0.4) is 0 Å². The van der Waals surface area contributed by atoms with E-state index < -0.39 is 0 Å². The Morgan fingerprint density at radius 3 is 3.00 bits per heavy atom. The average Bonchev–Trinajstić information content (AvgIpc) is 2.59. The molecule has 0 radical (unpaired) electrons. The maximum atomic E-state index is 6.03. The van der Waals surface area contributed by atoms with Gasteiger partial charge in [0.05, 0.1) is 12.2 Å². The van der Waals surface area contributed by atoms with Crippen LogP contribution in [-0.4, -0.2) is 10.5 Å². The van der Waals surface area contributed by atoms with Gasteiger partial charge in [0.25, 0.3) is 0 Å². The quantitative estimate of drug-likeness (QED) is 0.471. The Kier molecular flexibility index (Phi) is 4.76. The lowest BCUT2D eigenvalue weighted by Gasteiger charge is -2.28. The summed E-state index contributed by atoms with van der Waals surface area (Å²) in [7, 11) is 0. The predicted octanol–water partition coefficient (Wildman–Crippen LogP) is 5.21. The van der Waals surface area contributed by atoms with Gasteiger partial charge in [-0.3, -0.25) is 0 Å². The van der Waals surface area contributed by atoms with Crippen LogP contribution in [0, 0.1) is 0 Å². The Bertz CT molecular complexity index is 325. The summed E-state index contributed by atoms with van der Waals surface area (Å²) in [6.45, 7) is 0. The van der Waals surface area contributed by atoms with Crippen molar-refractivity contribution >= 4 is 61.5 Å². The number of hydrogen-bond donors (Lipinski definition) is 0. The van der Waals surface area contributed by atoms with Crippen molar-refractivity contribution in [1.29, 1.82) is 0 Å². The average molecular weight is 422 g/mol. The molecule has 1 fully saturated rings. The van der Waals surface area contributed by atoms with Crippen molar-refractivity contribution in [1.82, 2.24) is 0 Å². The zero-order valence-corrected chi connectivity index (χ0v) is 13.3. The summed E-state index contributed by atoms with van der Waals surface area (Å²) in [5.74, 6) is 0. The molecule has 0 N–H and O–H groups in total. The van der Waals surface area contributed by atoms with E-state index in [1.54, 1.807) is 11.3 Å². The van der Waals surface area contributed by atoms with Crippen molar-refractivity contribution in [3.63, 3.8) is 0 Å². The van der Waals surface area contributed by atoms with Gasteiger partial charge in [-0.25, -0.2) is 0 Å². The highest BCUT2D eigenvalue weighted by molar-refractivity contribution is 14.1. The van der Waals surface area contributed by atoms with Crippen LogP contribution in [0.1, 0.15) is 30.2 Å². The van der Waals surface area contributed by atoms with Gasteiger partial charge < -0.3 is 4.74 Å². The molecular weight excluding hydrogens is 410 g/mol. The van der Waals surface area contributed by atoms with E-state index in [1.807, 2.05) is 0 Å². The van der Waals surface area contributed by atoms with Gasteiger partial charge >= 0.3 is 0 Å². The zero-order valence-electron chi connectivity index (χ0n) is 8.01. The molecule has 0 saturated carbocycles. The van der Waals surface area contributed by atoms with E-state index in [9.17, 15) is 0 Å². The molecule has 15 heavy (non-hydrogen) atoms. The molecule has 0 spiro atoms. The van der Waals surface area contributed by atoms with Crippen LogP contribution in [0.25, 0.3) is 0 Å². The molecule has 0 aliphatic carbocycles. The number of alkyl halides is 1. The third-order valence-corrected chi connectivity index (χ3v) is 6.05. The molecule has 1 saturated heterocycles. The fourth-order valence-corrected chi connectivity index (χ4v) is 4.20. The fraction of sp³-hybridized carbons (Fsp3) is 0.600. The lowest BCUT2D eigenvalue weighted by Crippen LogP contribution is -2.22. The molecule has 0 bridgehead atoms. The fourth-order valence-electron chi connectivity index (χ4n) is 1.74. The largest absolute Gasteiger partial charge is 0.369 e. The molecule has 1 aliphatic rings. The summed E-state index contributed by atoms with van der Waals surface area (Å²) >= 11 is 13.5. The first-order valence-corrected chi connectivity index (χ1v) is 8.38. The smallest absolute Gasteiger partial charge is 0.107 e. The number of halogens is 3. The van der Waals surface area contributed by atoms with E-state index in [2.05, 4.69) is 44.6 Å². The molecule has 2 heterocycles. The van der Waals surface area contributed by atoms with Crippen LogP contribution in [0.2, 0.25) is 4.34 Å². The molecule has 5 heteroatoms. The van der Waals surface area contributed by atoms with Crippen molar-refractivity contribution in [2.45, 2.75) is 31.5 Å². The standard InChI is InChI=1S/C10H11BrClIOS/c11-7-4-9(15-10(7)12)8-3-1-2-6(5-13)14-8/h4,6,8H,1-3,5H2. The van der Waals surface area contributed by atoms with Gasteiger partial charge in [0, 0.05) is 13.8 Å². The second kappa shape index (κ2) is 5.67. The van der Waals surface area contributed by atoms with Gasteiger partial charge in [-0.05, 0) is 41.3 Å². The molecule has 1 aromatic rings. The Hall–Kier alpha value is 1.16. The van der Waals surface area contributed by atoms with Crippen molar-refractivity contribution in [3.8, 4) is 0 Å². The lowest BCUT2D eigenvalue weighted by molar-refractivity contribution is -0.0356. The van der Waals surface area contributed by atoms with Crippen molar-refractivity contribution < 1.29 is 4.74 Å². The SMILES string of the molecule is Clc1sc(C2CCCC(CI)O2)cc1Br. The van der Waals surface area contributed by atoms with Crippen LogP contribution < -0.4 is 0 Å². The third kappa shape index (κ3) is 3.09. The van der Waals surface area contributed by atoms with Crippen LogP contribution in [-0.2, 0) is 4.74 Å². The lowest BCUT2D eigenvalue weighted by atomic mass is 10.0. The first-order chi connectivity index (χ1) is 7.20. The minimum atomic E-state index is 0.257. The highest BCUT2D eigenvalue weighted by Gasteiger charge is 2.24. The first-order valence-electron chi connectivity index (χ1n) is 4.87. The third-order valence-electron chi connectivity index (χ3n) is 2.50. The van der Waals surface area contributed by atoms with Gasteiger partial charge in [0.1, 0.15) is 4.34 Å². The Labute approximate surface area is 121 Å². The predicted molar refractivity (Wildman–Crippen MR) is 77.4 cm³/mol. The summed E-state index contributed by atoms with van der Waals surface area (Å²) in [6, 6.07) is 2.09. The van der Waals surface area contributed by atoms with Crippen LogP contribution in [0.4, 0.5) is 0 Å². The molecule has 84 valence electrons. The molecule has 1 nitrogen and oxygen atoms in total. The van der Waals surface area contributed by atoms with Crippen molar-refractivity contribution in [2.24, 2.45) is 0 Å². The van der Waals surface area contributed by atoms with Crippen molar-refractivity contribution in [3.05, 3.63) is 19.8 Å². The topological polar surface area (TPSA) is 9.23 Å². The van der Waals surface area contributed by atoms with E-state index in [-0.39, 0.29) is 6.10 Å². The summed E-state index contributed by atoms with van der Waals surface area (Å²) in [6.07, 6.45) is 4.25. The van der Waals surface area contributed by atoms with Crippen molar-refractivity contribution in [2.75, 3.05) is 4.43 Å². The molecule has 0 amide bonds. The maximum Gasteiger partial charge on any atom is 0.107 e. The summed E-state index contributed by atoms with van der Waals surface area (Å²) in [5, 5.41) is 0. The highest BCUT2D eigenvalue weighted by Crippen LogP contribution is 2.40. The summed E-state index contributed by atoms with van der Waals surface area (Å²) in [5.41, 5.74) is 0. The molecule has 0 aromatic carbocycles. The van der Waals surface area contributed by atoms with E-state index in [0.717, 1.165) is 19.7 Å². The van der Waals surface area contributed by atoms with Gasteiger partial charge in [-0.1, -0.05) is 34.2 Å². The number of hydrogen-bond acceptors (Lipinski definition) is 2. The molecule has 2 unspecified atom stereocenters. The molecule has 1 aromatic heterocycles. The number of ether oxygens (including phenoxy) is 1. The maximum absolute atomic E-state index is 6.03. The minimum Gasteiger partial charge on any atom is -0.369 e. The van der Waals surface area contributed by atoms with E-state index in [4.69, 9.17) is 16.3 Å². The van der Waals surface area contributed by atoms with Crippen LogP contribution in [0.5, 0.6) is 0 Å². The van der Waals surface area contributed by atoms with Crippen LogP contribution in [0.15, 0.2) is 10.5 Å². The first kappa shape index (κ1) is 12.6. The minimum absolute atomic E-state index is 0.257. The Balaban J connectivity index is 2.09. The van der Waals surface area contributed by atoms with E-state index in [1.165, 1.54) is 17.7 Å². The summed E-state index contributed by atoms with van der Waals surface area (Å²) in [4.78, 5) is 1.25. The van der Waals surface area contributed by atoms with Gasteiger partial charge in [0.2, 0.25) is 0 Å². The second-order valence-corrected chi connectivity index (χ2v) is 7.02. The Morgan fingerprint density at radius 1 is 1.60 bits per heavy atom. The van der Waals surface area contributed by atoms with Gasteiger partial charge in [-0.2, -0.15) is 0 Å². The zero-order chi connectivity index (χ0) is 10.8. The Morgan fingerprint density at radius 2 is 2.40 bits per heavy atom. The number of rotatable bonds is 2. The van der Waals surface area contributed by atoms with E-state index >= 15 is 0 Å². The molecule has 2 rings (SSSR count). The summed E-state index contributed by atoms with van der Waals surface area (Å²) < 4.78 is 8.91. The highest BCUT2D eigenvalue weighted by atomic mass is 127. The monoisotopic (exact) mass is 420 g/mol. The van der Waals surface area contributed by atoms with Gasteiger partial charge in [0.15, 0.2) is 0 Å². The molecule has 2 atom stereocenters. The van der Waals surface area contributed by atoms with Gasteiger partial charge in [-0.15, -0.1) is 11.3 Å².